The van der Waals surface area contributed by atoms with Gasteiger partial charge < -0.3 is 20.1 Å². The van der Waals surface area contributed by atoms with Crippen molar-refractivity contribution in [1.29, 1.82) is 0 Å². The van der Waals surface area contributed by atoms with Crippen LogP contribution < -0.4 is 10.6 Å². The molecule has 0 aliphatic carbocycles. The SMILES string of the molecule is COCCOC(=O)C1=C(C)NC(=O)N[C@@H]1c1ccc(C(C)(C)C)cc1. The van der Waals surface area contributed by atoms with Gasteiger partial charge in [0.15, 0.2) is 0 Å². The zero-order valence-corrected chi connectivity index (χ0v) is 15.4. The third kappa shape index (κ3) is 4.60. The molecule has 1 aromatic carbocycles. The molecule has 0 fully saturated rings. The van der Waals surface area contributed by atoms with Gasteiger partial charge in [-0.15, -0.1) is 0 Å². The molecule has 1 aromatic rings. The zero-order valence-electron chi connectivity index (χ0n) is 15.4. The van der Waals surface area contributed by atoms with Crippen molar-refractivity contribution in [2.75, 3.05) is 20.3 Å². The summed E-state index contributed by atoms with van der Waals surface area (Å²) >= 11 is 0. The van der Waals surface area contributed by atoms with Gasteiger partial charge >= 0.3 is 12.0 Å². The van der Waals surface area contributed by atoms with Crippen LogP contribution in [-0.4, -0.2) is 32.3 Å². The van der Waals surface area contributed by atoms with E-state index in [-0.39, 0.29) is 18.1 Å². The van der Waals surface area contributed by atoms with E-state index in [0.29, 0.717) is 17.9 Å². The molecule has 0 saturated heterocycles. The molecule has 6 nitrogen and oxygen atoms in total. The van der Waals surface area contributed by atoms with E-state index < -0.39 is 12.0 Å². The molecule has 25 heavy (non-hydrogen) atoms. The summed E-state index contributed by atoms with van der Waals surface area (Å²) in [5.41, 5.74) is 2.95. The van der Waals surface area contributed by atoms with Crippen LogP contribution in [0, 0.1) is 0 Å². The number of nitrogens with one attached hydrogen (secondary N) is 2. The zero-order chi connectivity index (χ0) is 18.6. The molecule has 2 N–H and O–H groups in total. The molecule has 0 radical (unpaired) electrons. The number of hydrogen-bond acceptors (Lipinski definition) is 4. The number of benzene rings is 1. The van der Waals surface area contributed by atoms with Gasteiger partial charge in [0.05, 0.1) is 18.2 Å². The van der Waals surface area contributed by atoms with Crippen LogP contribution in [0.1, 0.15) is 44.9 Å². The van der Waals surface area contributed by atoms with E-state index in [2.05, 4.69) is 31.4 Å². The topological polar surface area (TPSA) is 76.7 Å². The second-order valence-corrected chi connectivity index (χ2v) is 7.07. The van der Waals surface area contributed by atoms with Crippen molar-refractivity contribution < 1.29 is 19.1 Å². The maximum absolute atomic E-state index is 12.5. The van der Waals surface area contributed by atoms with Crippen molar-refractivity contribution >= 4 is 12.0 Å². The second-order valence-electron chi connectivity index (χ2n) is 7.07. The highest BCUT2D eigenvalue weighted by Crippen LogP contribution is 2.30. The number of urea groups is 1. The maximum atomic E-state index is 12.5. The lowest BCUT2D eigenvalue weighted by Crippen LogP contribution is -2.45. The minimum Gasteiger partial charge on any atom is -0.460 e. The summed E-state index contributed by atoms with van der Waals surface area (Å²) in [6, 6.07) is 7.03. The Bertz CT molecular complexity index is 672. The number of esters is 1. The van der Waals surface area contributed by atoms with Crippen molar-refractivity contribution in [1.82, 2.24) is 10.6 Å². The number of amides is 2. The first-order valence-electron chi connectivity index (χ1n) is 8.29. The van der Waals surface area contributed by atoms with E-state index in [1.54, 1.807) is 14.0 Å². The normalized spacial score (nSPS) is 17.8. The molecule has 6 heteroatoms. The molecule has 2 amide bonds. The Hall–Kier alpha value is -2.34. The van der Waals surface area contributed by atoms with Gasteiger partial charge in [-0.25, -0.2) is 9.59 Å². The number of carbonyl (C=O) groups excluding carboxylic acids is 2. The van der Waals surface area contributed by atoms with Crippen molar-refractivity contribution in [3.8, 4) is 0 Å². The number of methoxy groups -OCH3 is 1. The first-order chi connectivity index (χ1) is 11.7. The minimum absolute atomic E-state index is 0.0313. The summed E-state index contributed by atoms with van der Waals surface area (Å²) < 4.78 is 10.1. The van der Waals surface area contributed by atoms with Gasteiger partial charge in [0, 0.05) is 12.8 Å². The number of hydrogen-bond donors (Lipinski definition) is 2. The van der Waals surface area contributed by atoms with Crippen LogP contribution in [0.4, 0.5) is 4.79 Å². The van der Waals surface area contributed by atoms with Crippen molar-refractivity contribution in [3.63, 3.8) is 0 Å². The van der Waals surface area contributed by atoms with Gasteiger partial charge in [-0.3, -0.25) is 0 Å². The lowest BCUT2D eigenvalue weighted by molar-refractivity contribution is -0.140. The Morgan fingerprint density at radius 2 is 1.80 bits per heavy atom. The summed E-state index contributed by atoms with van der Waals surface area (Å²) in [4.78, 5) is 24.4. The third-order valence-corrected chi connectivity index (χ3v) is 4.12. The Labute approximate surface area is 148 Å². The number of ether oxygens (including phenoxy) is 2. The molecule has 2 rings (SSSR count). The molecule has 136 valence electrons. The predicted molar refractivity (Wildman–Crippen MR) is 95.1 cm³/mol. The van der Waals surface area contributed by atoms with Gasteiger partial charge in [0.25, 0.3) is 0 Å². The van der Waals surface area contributed by atoms with Gasteiger partial charge in [0.1, 0.15) is 6.61 Å². The molecule has 0 unspecified atom stereocenters. The molecule has 0 bridgehead atoms. The quantitative estimate of drug-likeness (QED) is 0.635. The number of rotatable bonds is 5. The van der Waals surface area contributed by atoms with Crippen LogP contribution in [0.25, 0.3) is 0 Å². The van der Waals surface area contributed by atoms with Gasteiger partial charge in [-0.1, -0.05) is 45.0 Å². The molecule has 0 spiro atoms. The van der Waals surface area contributed by atoms with Crippen LogP contribution in [-0.2, 0) is 19.7 Å². The Balaban J connectivity index is 2.30. The van der Waals surface area contributed by atoms with Crippen molar-refractivity contribution in [3.05, 3.63) is 46.7 Å². The molecule has 1 aliphatic heterocycles. The third-order valence-electron chi connectivity index (χ3n) is 4.12. The second kappa shape index (κ2) is 7.70. The smallest absolute Gasteiger partial charge is 0.338 e. The van der Waals surface area contributed by atoms with Crippen LogP contribution in [0.5, 0.6) is 0 Å². The molecule has 0 saturated carbocycles. The lowest BCUT2D eigenvalue weighted by Gasteiger charge is -2.28. The summed E-state index contributed by atoms with van der Waals surface area (Å²) in [5.74, 6) is -0.466. The first kappa shape index (κ1) is 19.0. The molecule has 1 atom stereocenters. The molecular formula is C19H26N2O4. The number of carbonyl (C=O) groups is 2. The molecule has 1 aliphatic rings. The Kier molecular flexibility index (Phi) is 5.85. The van der Waals surface area contributed by atoms with E-state index in [4.69, 9.17) is 9.47 Å². The van der Waals surface area contributed by atoms with E-state index in [1.807, 2.05) is 24.3 Å². The minimum atomic E-state index is -0.544. The highest BCUT2D eigenvalue weighted by molar-refractivity contribution is 5.95. The molecular weight excluding hydrogens is 320 g/mol. The molecule has 1 heterocycles. The van der Waals surface area contributed by atoms with Crippen molar-refractivity contribution in [2.24, 2.45) is 0 Å². The highest BCUT2D eigenvalue weighted by Gasteiger charge is 2.32. The van der Waals surface area contributed by atoms with Crippen molar-refractivity contribution in [2.45, 2.75) is 39.2 Å². The lowest BCUT2D eigenvalue weighted by atomic mass is 9.85. The summed E-state index contributed by atoms with van der Waals surface area (Å²) in [7, 11) is 1.54. The van der Waals surface area contributed by atoms with E-state index in [0.717, 1.165) is 5.56 Å². The van der Waals surface area contributed by atoms with E-state index in [9.17, 15) is 9.59 Å². The van der Waals surface area contributed by atoms with E-state index >= 15 is 0 Å². The molecule has 0 aromatic heterocycles. The van der Waals surface area contributed by atoms with Gasteiger partial charge in [-0.05, 0) is 23.5 Å². The largest absolute Gasteiger partial charge is 0.460 e. The summed E-state index contributed by atoms with van der Waals surface area (Å²) in [6.07, 6.45) is 0. The number of allylic oxidation sites excluding steroid dienone is 1. The summed E-state index contributed by atoms with van der Waals surface area (Å²) in [5, 5.41) is 5.44. The van der Waals surface area contributed by atoms with Crippen LogP contribution in [0.2, 0.25) is 0 Å². The van der Waals surface area contributed by atoms with Crippen LogP contribution >= 0.6 is 0 Å². The average Bonchev–Trinajstić information content (AvgIpc) is 2.53. The maximum Gasteiger partial charge on any atom is 0.338 e. The van der Waals surface area contributed by atoms with Gasteiger partial charge in [0.2, 0.25) is 0 Å². The standard InChI is InChI=1S/C19H26N2O4/c1-12-15(17(22)25-11-10-24-5)16(21-18(23)20-12)13-6-8-14(9-7-13)19(2,3)4/h6-9,16H,10-11H2,1-5H3,(H2,20,21,23)/t16-/m1/s1. The monoisotopic (exact) mass is 346 g/mol. The average molecular weight is 346 g/mol. The highest BCUT2D eigenvalue weighted by atomic mass is 16.6. The Morgan fingerprint density at radius 3 is 2.36 bits per heavy atom. The van der Waals surface area contributed by atoms with Gasteiger partial charge in [-0.2, -0.15) is 0 Å². The first-order valence-corrected chi connectivity index (χ1v) is 8.29. The predicted octanol–water partition coefficient (Wildman–Crippen LogP) is 2.80. The van der Waals surface area contributed by atoms with Crippen LogP contribution in [0.3, 0.4) is 0 Å². The fourth-order valence-corrected chi connectivity index (χ4v) is 2.69. The summed E-state index contributed by atoms with van der Waals surface area (Å²) in [6.45, 7) is 8.59. The van der Waals surface area contributed by atoms with Crippen LogP contribution in [0.15, 0.2) is 35.5 Å². The van der Waals surface area contributed by atoms with E-state index in [1.165, 1.54) is 5.56 Å². The Morgan fingerprint density at radius 1 is 1.16 bits per heavy atom. The fraction of sp³-hybridized carbons (Fsp3) is 0.474. The fourth-order valence-electron chi connectivity index (χ4n) is 2.69.